The van der Waals surface area contributed by atoms with Crippen LogP contribution in [0.4, 0.5) is 5.82 Å². The van der Waals surface area contributed by atoms with E-state index >= 15 is 0 Å². The van der Waals surface area contributed by atoms with Crippen molar-refractivity contribution in [3.8, 4) is 33.5 Å². The van der Waals surface area contributed by atoms with Crippen LogP contribution in [0.2, 0.25) is 0 Å². The summed E-state index contributed by atoms with van der Waals surface area (Å²) in [5, 5.41) is 17.6. The molecular formula is C41H42N6O2. The predicted octanol–water partition coefficient (Wildman–Crippen LogP) is 6.05. The number of carbonyl (C=O) groups excluding carboxylic acids is 1. The van der Waals surface area contributed by atoms with E-state index in [2.05, 4.69) is 81.8 Å². The van der Waals surface area contributed by atoms with Gasteiger partial charge >= 0.3 is 0 Å². The average molecular weight is 651 g/mol. The van der Waals surface area contributed by atoms with E-state index in [1.54, 1.807) is 0 Å². The number of hydrogen-bond donors (Lipinski definition) is 2. The van der Waals surface area contributed by atoms with Gasteiger partial charge < -0.3 is 15.3 Å². The van der Waals surface area contributed by atoms with Crippen molar-refractivity contribution in [2.24, 2.45) is 0 Å². The van der Waals surface area contributed by atoms with E-state index in [0.29, 0.717) is 19.5 Å². The molecule has 8 heteroatoms. The summed E-state index contributed by atoms with van der Waals surface area (Å²) < 4.78 is 2.00. The fourth-order valence-electron chi connectivity index (χ4n) is 6.69. The van der Waals surface area contributed by atoms with E-state index in [1.165, 1.54) is 5.56 Å². The number of amides is 1. The molecular weight excluding hydrogens is 608 g/mol. The molecule has 0 spiro atoms. The molecule has 1 aliphatic heterocycles. The van der Waals surface area contributed by atoms with Crippen LogP contribution in [-0.4, -0.2) is 76.4 Å². The molecule has 0 unspecified atom stereocenters. The summed E-state index contributed by atoms with van der Waals surface area (Å²) in [6, 6.07) is 39.4. The standard InChI is InChI=1S/C41H42N6O2/c1-30-40(35-12-6-3-7-13-35)41-43-37(29-39(47(41)44-30)46-23-21-45(22-24-46)25-26-48)36-14-8-9-31(27-36)19-20-42-38(49)28-32-15-17-34(18-16-32)33-10-4-2-5-11-33/h2-18,27,29,48H,19-26,28H2,1H3,(H,42,49). The maximum absolute atomic E-state index is 12.8. The molecule has 6 aromatic rings. The van der Waals surface area contributed by atoms with Gasteiger partial charge in [-0.1, -0.05) is 103 Å². The predicted molar refractivity (Wildman–Crippen MR) is 197 cm³/mol. The Morgan fingerprint density at radius 3 is 2.14 bits per heavy atom. The van der Waals surface area contributed by atoms with E-state index < -0.39 is 0 Å². The monoisotopic (exact) mass is 650 g/mol. The van der Waals surface area contributed by atoms with Crippen molar-refractivity contribution in [2.45, 2.75) is 19.8 Å². The molecule has 248 valence electrons. The number of aromatic nitrogens is 3. The number of β-amino-alcohol motifs (C(OH)–C–C–N with tert-alkyl or cyclic N) is 1. The van der Waals surface area contributed by atoms with Crippen LogP contribution >= 0.6 is 0 Å². The SMILES string of the molecule is Cc1nn2c(N3CCN(CCO)CC3)cc(-c3cccc(CCNC(=O)Cc4ccc(-c5ccccc5)cc4)c3)nc2c1-c1ccccc1. The highest BCUT2D eigenvalue weighted by Crippen LogP contribution is 2.33. The summed E-state index contributed by atoms with van der Waals surface area (Å²) in [7, 11) is 0. The first kappa shape index (κ1) is 32.2. The second-order valence-corrected chi connectivity index (χ2v) is 12.7. The molecule has 2 aromatic heterocycles. The van der Waals surface area contributed by atoms with Crippen LogP contribution in [0.5, 0.6) is 0 Å². The van der Waals surface area contributed by atoms with Crippen molar-refractivity contribution >= 4 is 17.4 Å². The average Bonchev–Trinajstić information content (AvgIpc) is 3.48. The number of benzene rings is 4. The fourth-order valence-corrected chi connectivity index (χ4v) is 6.69. The third-order valence-electron chi connectivity index (χ3n) is 9.30. The van der Waals surface area contributed by atoms with Gasteiger partial charge in [0, 0.05) is 56.5 Å². The molecule has 0 aliphatic carbocycles. The molecule has 0 radical (unpaired) electrons. The molecule has 3 heterocycles. The number of nitrogens with zero attached hydrogens (tertiary/aromatic N) is 5. The zero-order valence-electron chi connectivity index (χ0n) is 27.9. The van der Waals surface area contributed by atoms with E-state index in [1.807, 2.05) is 60.0 Å². The lowest BCUT2D eigenvalue weighted by Gasteiger charge is -2.35. The van der Waals surface area contributed by atoms with Crippen LogP contribution in [0.1, 0.15) is 16.8 Å². The minimum atomic E-state index is 0.0176. The first-order valence-electron chi connectivity index (χ1n) is 17.1. The number of anilines is 1. The smallest absolute Gasteiger partial charge is 0.224 e. The quantitative estimate of drug-likeness (QED) is 0.178. The van der Waals surface area contributed by atoms with Crippen molar-refractivity contribution in [1.82, 2.24) is 24.8 Å². The van der Waals surface area contributed by atoms with Crippen LogP contribution in [0.15, 0.2) is 115 Å². The van der Waals surface area contributed by atoms with Crippen molar-refractivity contribution in [3.63, 3.8) is 0 Å². The molecule has 1 amide bonds. The Morgan fingerprint density at radius 2 is 1.43 bits per heavy atom. The highest BCUT2D eigenvalue weighted by Gasteiger charge is 2.23. The Labute approximate surface area is 287 Å². The van der Waals surface area contributed by atoms with Gasteiger partial charge in [0.2, 0.25) is 5.91 Å². The molecule has 49 heavy (non-hydrogen) atoms. The molecule has 2 N–H and O–H groups in total. The summed E-state index contributed by atoms with van der Waals surface area (Å²) in [5.41, 5.74) is 10.3. The lowest BCUT2D eigenvalue weighted by Crippen LogP contribution is -2.47. The number of hydrogen-bond acceptors (Lipinski definition) is 6. The van der Waals surface area contributed by atoms with Crippen LogP contribution < -0.4 is 10.2 Å². The number of piperazine rings is 1. The van der Waals surface area contributed by atoms with E-state index in [9.17, 15) is 9.90 Å². The lowest BCUT2D eigenvalue weighted by atomic mass is 10.0. The third kappa shape index (κ3) is 7.41. The van der Waals surface area contributed by atoms with Gasteiger partial charge in [-0.25, -0.2) is 4.98 Å². The first-order chi connectivity index (χ1) is 24.1. The number of aliphatic hydroxyl groups excluding tert-OH is 1. The minimum absolute atomic E-state index is 0.0176. The van der Waals surface area contributed by atoms with Crippen LogP contribution in [0, 0.1) is 6.92 Å². The number of fused-ring (bicyclic) bond motifs is 1. The Bertz CT molecular complexity index is 2020. The normalized spacial score (nSPS) is 13.6. The maximum atomic E-state index is 12.8. The molecule has 0 atom stereocenters. The van der Waals surface area contributed by atoms with Gasteiger partial charge in [0.1, 0.15) is 5.82 Å². The first-order valence-corrected chi connectivity index (χ1v) is 17.1. The van der Waals surface area contributed by atoms with Gasteiger partial charge in [-0.15, -0.1) is 0 Å². The van der Waals surface area contributed by atoms with Crippen LogP contribution in [0.25, 0.3) is 39.2 Å². The topological polar surface area (TPSA) is 86.0 Å². The highest BCUT2D eigenvalue weighted by molar-refractivity contribution is 5.83. The molecule has 0 bridgehead atoms. The second-order valence-electron chi connectivity index (χ2n) is 12.7. The summed E-state index contributed by atoms with van der Waals surface area (Å²) in [6.07, 6.45) is 1.07. The van der Waals surface area contributed by atoms with Gasteiger partial charge in [-0.2, -0.15) is 9.61 Å². The minimum Gasteiger partial charge on any atom is -0.395 e. The number of nitrogens with one attached hydrogen (secondary N) is 1. The van der Waals surface area contributed by atoms with Crippen LogP contribution in [-0.2, 0) is 17.6 Å². The van der Waals surface area contributed by atoms with Gasteiger partial charge in [0.25, 0.3) is 0 Å². The van der Waals surface area contributed by atoms with Gasteiger partial charge in [0.05, 0.1) is 24.4 Å². The van der Waals surface area contributed by atoms with E-state index in [4.69, 9.17) is 10.1 Å². The highest BCUT2D eigenvalue weighted by atomic mass is 16.3. The maximum Gasteiger partial charge on any atom is 0.224 e. The lowest BCUT2D eigenvalue weighted by molar-refractivity contribution is -0.120. The Balaban J connectivity index is 1.08. The van der Waals surface area contributed by atoms with E-state index in [-0.39, 0.29) is 12.5 Å². The molecule has 1 saturated heterocycles. The fraction of sp³-hybridized carbons (Fsp3) is 0.244. The summed E-state index contributed by atoms with van der Waals surface area (Å²) in [6.45, 7) is 6.92. The van der Waals surface area contributed by atoms with Crippen molar-refractivity contribution in [1.29, 1.82) is 0 Å². The zero-order valence-corrected chi connectivity index (χ0v) is 27.9. The Morgan fingerprint density at radius 1 is 0.755 bits per heavy atom. The molecule has 8 nitrogen and oxygen atoms in total. The Hall–Kier alpha value is -5.31. The molecule has 7 rings (SSSR count). The van der Waals surface area contributed by atoms with Crippen LogP contribution in [0.3, 0.4) is 0 Å². The number of carbonyl (C=O) groups is 1. The molecule has 1 aliphatic rings. The van der Waals surface area contributed by atoms with Crippen molar-refractivity contribution < 1.29 is 9.90 Å². The summed E-state index contributed by atoms with van der Waals surface area (Å²) >= 11 is 0. The van der Waals surface area contributed by atoms with Crippen molar-refractivity contribution in [3.05, 3.63) is 132 Å². The van der Waals surface area contributed by atoms with E-state index in [0.717, 1.165) is 88.8 Å². The summed E-state index contributed by atoms with van der Waals surface area (Å²) in [4.78, 5) is 22.7. The van der Waals surface area contributed by atoms with Crippen molar-refractivity contribution in [2.75, 3.05) is 50.8 Å². The molecule has 0 saturated carbocycles. The number of rotatable bonds is 11. The van der Waals surface area contributed by atoms with Gasteiger partial charge in [-0.05, 0) is 47.2 Å². The second kappa shape index (κ2) is 14.8. The number of aryl methyl sites for hydroxylation is 1. The van der Waals surface area contributed by atoms with Gasteiger partial charge in [0.15, 0.2) is 5.65 Å². The van der Waals surface area contributed by atoms with Gasteiger partial charge in [-0.3, -0.25) is 9.69 Å². The molecule has 1 fully saturated rings. The number of aliphatic hydroxyl groups is 1. The third-order valence-corrected chi connectivity index (χ3v) is 9.30. The largest absolute Gasteiger partial charge is 0.395 e. The summed E-state index contributed by atoms with van der Waals surface area (Å²) in [5.74, 6) is 1.03. The Kier molecular flexibility index (Phi) is 9.77. The molecule has 4 aromatic carbocycles. The zero-order chi connectivity index (χ0) is 33.6.